The van der Waals surface area contributed by atoms with Crippen molar-refractivity contribution in [1.29, 1.82) is 0 Å². The summed E-state index contributed by atoms with van der Waals surface area (Å²) >= 11 is 0. The van der Waals surface area contributed by atoms with Gasteiger partial charge in [-0.1, -0.05) is 30.3 Å². The number of ether oxygens (including phenoxy) is 2. The number of rotatable bonds is 7. The summed E-state index contributed by atoms with van der Waals surface area (Å²) in [5.41, 5.74) is 0.758. The van der Waals surface area contributed by atoms with Crippen LogP contribution in [0.2, 0.25) is 0 Å². The number of alkyl halides is 3. The molecule has 0 atom stereocenters. The van der Waals surface area contributed by atoms with Gasteiger partial charge < -0.3 is 14.4 Å². The van der Waals surface area contributed by atoms with Crippen LogP contribution in [0.25, 0.3) is 0 Å². The minimum atomic E-state index is -4.71. The standard InChI is InChI=1S/C21H23F3N2O3/c22-21(23,24)29-19-8-6-17(7-9-19)16-26-13-12-25(11-10-20(26)27)14-15-28-18-4-2-1-3-5-18/h1-9H,10-16H2. The molecule has 0 unspecified atom stereocenters. The van der Waals surface area contributed by atoms with Gasteiger partial charge in [-0.05, 0) is 29.8 Å². The number of para-hydroxylation sites is 1. The number of hydrogen-bond acceptors (Lipinski definition) is 4. The smallest absolute Gasteiger partial charge is 0.492 e. The Morgan fingerprint density at radius 3 is 2.31 bits per heavy atom. The van der Waals surface area contributed by atoms with Gasteiger partial charge in [0.05, 0.1) is 0 Å². The van der Waals surface area contributed by atoms with Crippen molar-refractivity contribution in [2.24, 2.45) is 0 Å². The monoisotopic (exact) mass is 408 g/mol. The lowest BCUT2D eigenvalue weighted by Crippen LogP contribution is -2.34. The Kier molecular flexibility index (Phi) is 6.98. The molecular weight excluding hydrogens is 385 g/mol. The van der Waals surface area contributed by atoms with Crippen LogP contribution in [-0.2, 0) is 11.3 Å². The predicted octanol–water partition coefficient (Wildman–Crippen LogP) is 3.70. The average Bonchev–Trinajstić information content (AvgIpc) is 2.85. The van der Waals surface area contributed by atoms with E-state index in [1.807, 2.05) is 30.3 Å². The lowest BCUT2D eigenvalue weighted by Gasteiger charge is -2.22. The van der Waals surface area contributed by atoms with Crippen LogP contribution in [0.5, 0.6) is 11.5 Å². The molecule has 1 amide bonds. The maximum Gasteiger partial charge on any atom is 0.573 e. The number of benzene rings is 2. The fourth-order valence-electron chi connectivity index (χ4n) is 3.13. The van der Waals surface area contributed by atoms with Crippen LogP contribution in [0.15, 0.2) is 54.6 Å². The summed E-state index contributed by atoms with van der Waals surface area (Å²) in [6.45, 7) is 3.56. The zero-order valence-corrected chi connectivity index (χ0v) is 15.9. The molecule has 1 fully saturated rings. The summed E-state index contributed by atoms with van der Waals surface area (Å²) in [6, 6.07) is 15.2. The van der Waals surface area contributed by atoms with Gasteiger partial charge in [-0.25, -0.2) is 0 Å². The first-order valence-electron chi connectivity index (χ1n) is 9.42. The molecule has 2 aromatic rings. The first-order chi connectivity index (χ1) is 13.9. The summed E-state index contributed by atoms with van der Waals surface area (Å²) in [5.74, 6) is 0.582. The zero-order valence-electron chi connectivity index (χ0n) is 15.9. The van der Waals surface area contributed by atoms with E-state index in [4.69, 9.17) is 4.74 Å². The molecule has 0 saturated carbocycles. The van der Waals surface area contributed by atoms with Crippen LogP contribution in [0.4, 0.5) is 13.2 Å². The zero-order chi connectivity index (χ0) is 20.7. The third-order valence-electron chi connectivity index (χ3n) is 4.63. The maximum absolute atomic E-state index is 12.4. The van der Waals surface area contributed by atoms with E-state index < -0.39 is 6.36 Å². The van der Waals surface area contributed by atoms with Gasteiger partial charge in [0, 0.05) is 39.1 Å². The van der Waals surface area contributed by atoms with Gasteiger partial charge in [-0.3, -0.25) is 9.69 Å². The number of carbonyl (C=O) groups is 1. The second-order valence-electron chi connectivity index (χ2n) is 6.76. The van der Waals surface area contributed by atoms with Crippen molar-refractivity contribution in [3.63, 3.8) is 0 Å². The Morgan fingerprint density at radius 2 is 1.62 bits per heavy atom. The topological polar surface area (TPSA) is 42.0 Å². The summed E-state index contributed by atoms with van der Waals surface area (Å²) in [4.78, 5) is 16.3. The van der Waals surface area contributed by atoms with Gasteiger partial charge in [-0.2, -0.15) is 0 Å². The van der Waals surface area contributed by atoms with Gasteiger partial charge in [0.1, 0.15) is 18.1 Å². The minimum absolute atomic E-state index is 0.0343. The lowest BCUT2D eigenvalue weighted by molar-refractivity contribution is -0.274. The summed E-state index contributed by atoms with van der Waals surface area (Å²) in [5, 5.41) is 0. The van der Waals surface area contributed by atoms with Crippen LogP contribution < -0.4 is 9.47 Å². The molecule has 1 saturated heterocycles. The normalized spacial score (nSPS) is 15.8. The van der Waals surface area contributed by atoms with Crippen LogP contribution in [0.1, 0.15) is 12.0 Å². The van der Waals surface area contributed by atoms with Gasteiger partial charge >= 0.3 is 6.36 Å². The number of halogens is 3. The van der Waals surface area contributed by atoms with Crippen molar-refractivity contribution < 1.29 is 27.4 Å². The van der Waals surface area contributed by atoms with E-state index in [2.05, 4.69) is 9.64 Å². The maximum atomic E-state index is 12.4. The third kappa shape index (κ3) is 6.98. The van der Waals surface area contributed by atoms with Crippen molar-refractivity contribution in [2.45, 2.75) is 19.3 Å². The SMILES string of the molecule is O=C1CCN(CCOc2ccccc2)CCN1Cc1ccc(OC(F)(F)F)cc1. The average molecular weight is 408 g/mol. The predicted molar refractivity (Wildman–Crippen MR) is 102 cm³/mol. The fraction of sp³-hybridized carbons (Fsp3) is 0.381. The van der Waals surface area contributed by atoms with E-state index in [-0.39, 0.29) is 11.7 Å². The highest BCUT2D eigenvalue weighted by atomic mass is 19.4. The van der Waals surface area contributed by atoms with Crippen LogP contribution in [0, 0.1) is 0 Å². The first-order valence-corrected chi connectivity index (χ1v) is 9.42. The summed E-state index contributed by atoms with van der Waals surface area (Å²) < 4.78 is 46.3. The second-order valence-corrected chi connectivity index (χ2v) is 6.76. The Hall–Kier alpha value is -2.74. The van der Waals surface area contributed by atoms with Gasteiger partial charge in [-0.15, -0.1) is 13.2 Å². The van der Waals surface area contributed by atoms with Crippen molar-refractivity contribution >= 4 is 5.91 Å². The molecule has 3 rings (SSSR count). The Morgan fingerprint density at radius 1 is 0.897 bits per heavy atom. The molecular formula is C21H23F3N2O3. The largest absolute Gasteiger partial charge is 0.573 e. The van der Waals surface area contributed by atoms with E-state index in [1.165, 1.54) is 12.1 Å². The molecule has 0 spiro atoms. The molecule has 156 valence electrons. The number of nitrogens with zero attached hydrogens (tertiary/aromatic N) is 2. The molecule has 0 aromatic heterocycles. The molecule has 5 nitrogen and oxygen atoms in total. The molecule has 0 radical (unpaired) electrons. The summed E-state index contributed by atoms with van der Waals surface area (Å²) in [6.07, 6.45) is -4.31. The van der Waals surface area contributed by atoms with E-state index >= 15 is 0 Å². The highest BCUT2D eigenvalue weighted by Crippen LogP contribution is 2.23. The van der Waals surface area contributed by atoms with Gasteiger partial charge in [0.15, 0.2) is 0 Å². The van der Waals surface area contributed by atoms with Crippen molar-refractivity contribution in [3.05, 3.63) is 60.2 Å². The molecule has 8 heteroatoms. The second kappa shape index (κ2) is 9.65. The molecule has 0 N–H and O–H groups in total. The van der Waals surface area contributed by atoms with Crippen LogP contribution in [-0.4, -0.2) is 54.9 Å². The molecule has 1 aliphatic rings. The van der Waals surface area contributed by atoms with E-state index in [9.17, 15) is 18.0 Å². The van der Waals surface area contributed by atoms with Crippen molar-refractivity contribution in [1.82, 2.24) is 9.80 Å². The highest BCUT2D eigenvalue weighted by molar-refractivity contribution is 5.76. The lowest BCUT2D eigenvalue weighted by atomic mass is 10.2. The van der Waals surface area contributed by atoms with Crippen LogP contribution >= 0.6 is 0 Å². The fourth-order valence-corrected chi connectivity index (χ4v) is 3.13. The van der Waals surface area contributed by atoms with Crippen molar-refractivity contribution in [2.75, 3.05) is 32.8 Å². The van der Waals surface area contributed by atoms with Gasteiger partial charge in [0.25, 0.3) is 0 Å². The van der Waals surface area contributed by atoms with E-state index in [0.717, 1.165) is 24.4 Å². The molecule has 0 aliphatic carbocycles. The molecule has 2 aromatic carbocycles. The number of amides is 1. The van der Waals surface area contributed by atoms with Crippen molar-refractivity contribution in [3.8, 4) is 11.5 Å². The molecule has 1 aliphatic heterocycles. The first kappa shape index (κ1) is 21.0. The molecule has 1 heterocycles. The molecule has 29 heavy (non-hydrogen) atoms. The third-order valence-corrected chi connectivity index (χ3v) is 4.63. The Balaban J connectivity index is 1.47. The van der Waals surface area contributed by atoms with E-state index in [0.29, 0.717) is 32.7 Å². The summed E-state index contributed by atoms with van der Waals surface area (Å²) in [7, 11) is 0. The number of carbonyl (C=O) groups excluding carboxylic acids is 1. The minimum Gasteiger partial charge on any atom is -0.492 e. The van der Waals surface area contributed by atoms with E-state index in [1.54, 1.807) is 17.0 Å². The van der Waals surface area contributed by atoms with Crippen LogP contribution in [0.3, 0.4) is 0 Å². The molecule has 0 bridgehead atoms. The Labute approximate surface area is 167 Å². The quantitative estimate of drug-likeness (QED) is 0.701. The highest BCUT2D eigenvalue weighted by Gasteiger charge is 2.31. The Bertz CT molecular complexity index is 782. The van der Waals surface area contributed by atoms with Gasteiger partial charge in [0.2, 0.25) is 5.91 Å². The number of hydrogen-bond donors (Lipinski definition) is 0.